The van der Waals surface area contributed by atoms with Crippen molar-refractivity contribution in [2.45, 2.75) is 13.3 Å². The summed E-state index contributed by atoms with van der Waals surface area (Å²) in [5.74, 6) is 0.393. The molecular weight excluding hydrogens is 402 g/mol. The summed E-state index contributed by atoms with van der Waals surface area (Å²) in [5, 5.41) is 15.6. The van der Waals surface area contributed by atoms with Crippen LogP contribution in [0.1, 0.15) is 18.1 Å². The van der Waals surface area contributed by atoms with Gasteiger partial charge in [-0.2, -0.15) is 5.10 Å². The van der Waals surface area contributed by atoms with Crippen molar-refractivity contribution in [2.24, 2.45) is 5.10 Å². The highest BCUT2D eigenvalue weighted by atomic mass is 35.5. The first kappa shape index (κ1) is 22.0. The molecule has 2 aromatic carbocycles. The number of nitrogens with one attached hydrogen (secondary N) is 1. The van der Waals surface area contributed by atoms with Crippen LogP contribution in [-0.2, 0) is 11.2 Å². The molecule has 0 heterocycles. The Hall–Kier alpha value is -3.33. The largest absolute Gasteiger partial charge is 0.497 e. The second kappa shape index (κ2) is 10.3. The lowest BCUT2D eigenvalue weighted by atomic mass is 10.1. The number of nitro groups is 1. The quantitative estimate of drug-likeness (QED) is 0.377. The fraction of sp³-hybridized carbons (Fsp3) is 0.263. The number of rotatable bonds is 9. The average molecular weight is 422 g/mol. The summed E-state index contributed by atoms with van der Waals surface area (Å²) in [6.07, 6.45) is 1.26. The molecule has 1 N–H and O–H groups in total. The molecule has 0 aliphatic heterocycles. The number of hydrogen-bond donors (Lipinski definition) is 1. The highest BCUT2D eigenvalue weighted by Gasteiger charge is 2.21. The maximum Gasteiger partial charge on any atom is 0.315 e. The zero-order chi connectivity index (χ0) is 21.4. The molecule has 1 amide bonds. The van der Waals surface area contributed by atoms with Gasteiger partial charge in [-0.25, -0.2) is 5.43 Å². The average Bonchev–Trinajstić information content (AvgIpc) is 2.70. The molecule has 0 atom stereocenters. The molecule has 0 saturated heterocycles. The van der Waals surface area contributed by atoms with Crippen LogP contribution >= 0.6 is 11.6 Å². The standard InChI is InChI=1S/C19H20ClN3O6/c1-4-29-19-16(23(25)26)7-12(8-17(19)28-3)11-21-22-18(24)10-13-9-14(27-2)5-6-15(13)20/h5-9,11H,4,10H2,1-3H3,(H,22,24)/b21-11+. The second-order valence-corrected chi connectivity index (χ2v) is 6.10. The van der Waals surface area contributed by atoms with E-state index < -0.39 is 10.8 Å². The second-order valence-electron chi connectivity index (χ2n) is 5.69. The Morgan fingerprint density at radius 3 is 2.66 bits per heavy atom. The molecule has 0 fully saturated rings. The van der Waals surface area contributed by atoms with Crippen molar-refractivity contribution in [2.75, 3.05) is 20.8 Å². The number of carbonyl (C=O) groups is 1. The van der Waals surface area contributed by atoms with Crippen LogP contribution in [0, 0.1) is 10.1 Å². The maximum atomic E-state index is 12.1. The predicted octanol–water partition coefficient (Wildman–Crippen LogP) is 3.36. The minimum atomic E-state index is -0.575. The third kappa shape index (κ3) is 5.82. The van der Waals surface area contributed by atoms with Gasteiger partial charge >= 0.3 is 5.69 Å². The number of benzene rings is 2. The number of methoxy groups -OCH3 is 2. The van der Waals surface area contributed by atoms with Gasteiger partial charge in [0.25, 0.3) is 0 Å². The Morgan fingerprint density at radius 1 is 1.28 bits per heavy atom. The molecule has 0 radical (unpaired) electrons. The Morgan fingerprint density at radius 2 is 2.03 bits per heavy atom. The van der Waals surface area contributed by atoms with Crippen LogP contribution in [0.2, 0.25) is 5.02 Å². The van der Waals surface area contributed by atoms with Gasteiger partial charge in [0.2, 0.25) is 11.7 Å². The van der Waals surface area contributed by atoms with Crippen molar-refractivity contribution >= 4 is 29.4 Å². The number of nitro benzene ring substituents is 1. The Bertz CT molecular complexity index is 932. The maximum absolute atomic E-state index is 12.1. The molecule has 0 saturated carbocycles. The van der Waals surface area contributed by atoms with E-state index in [1.54, 1.807) is 25.1 Å². The van der Waals surface area contributed by atoms with Gasteiger partial charge in [0.05, 0.1) is 38.4 Å². The highest BCUT2D eigenvalue weighted by Crippen LogP contribution is 2.37. The van der Waals surface area contributed by atoms with Gasteiger partial charge in [0.15, 0.2) is 5.75 Å². The summed E-state index contributed by atoms with van der Waals surface area (Å²) in [4.78, 5) is 22.9. The predicted molar refractivity (Wildman–Crippen MR) is 108 cm³/mol. The molecule has 0 unspecified atom stereocenters. The molecule has 10 heteroatoms. The highest BCUT2D eigenvalue weighted by molar-refractivity contribution is 6.31. The fourth-order valence-electron chi connectivity index (χ4n) is 2.46. The molecule has 0 aliphatic carbocycles. The van der Waals surface area contributed by atoms with Gasteiger partial charge in [-0.1, -0.05) is 11.6 Å². The lowest BCUT2D eigenvalue weighted by molar-refractivity contribution is -0.385. The topological polar surface area (TPSA) is 112 Å². The monoisotopic (exact) mass is 421 g/mol. The van der Waals surface area contributed by atoms with E-state index in [0.717, 1.165) is 0 Å². The Balaban J connectivity index is 2.14. The third-order valence-corrected chi connectivity index (χ3v) is 4.14. The summed E-state index contributed by atoms with van der Waals surface area (Å²) in [7, 11) is 2.89. The molecule has 29 heavy (non-hydrogen) atoms. The Labute approximate surface area is 172 Å². The smallest absolute Gasteiger partial charge is 0.315 e. The number of amides is 1. The van der Waals surface area contributed by atoms with E-state index in [9.17, 15) is 14.9 Å². The third-order valence-electron chi connectivity index (χ3n) is 3.77. The van der Waals surface area contributed by atoms with Gasteiger partial charge in [0.1, 0.15) is 5.75 Å². The first-order chi connectivity index (χ1) is 13.9. The van der Waals surface area contributed by atoms with E-state index in [0.29, 0.717) is 21.9 Å². The van der Waals surface area contributed by atoms with Crippen LogP contribution in [0.25, 0.3) is 0 Å². The molecule has 0 bridgehead atoms. The number of halogens is 1. The lowest BCUT2D eigenvalue weighted by Gasteiger charge is -2.10. The van der Waals surface area contributed by atoms with Crippen LogP contribution in [0.15, 0.2) is 35.4 Å². The summed E-state index contributed by atoms with van der Waals surface area (Å²) in [6, 6.07) is 7.78. The van der Waals surface area contributed by atoms with E-state index >= 15 is 0 Å². The summed E-state index contributed by atoms with van der Waals surface area (Å²) in [5.41, 5.74) is 3.04. The van der Waals surface area contributed by atoms with E-state index in [4.69, 9.17) is 25.8 Å². The number of hydrazone groups is 1. The van der Waals surface area contributed by atoms with Gasteiger partial charge in [-0.3, -0.25) is 14.9 Å². The van der Waals surface area contributed by atoms with E-state index in [-0.39, 0.29) is 30.2 Å². The molecule has 0 aromatic heterocycles. The number of nitrogens with zero attached hydrogens (tertiary/aromatic N) is 2. The minimum absolute atomic E-state index is 0.0138. The summed E-state index contributed by atoms with van der Waals surface area (Å²) < 4.78 is 15.6. The van der Waals surface area contributed by atoms with Crippen molar-refractivity contribution in [3.63, 3.8) is 0 Å². The normalized spacial score (nSPS) is 10.6. The molecule has 0 spiro atoms. The molecule has 2 rings (SSSR count). The summed E-state index contributed by atoms with van der Waals surface area (Å²) >= 11 is 6.08. The molecule has 2 aromatic rings. The van der Waals surface area contributed by atoms with Crippen molar-refractivity contribution in [1.29, 1.82) is 0 Å². The minimum Gasteiger partial charge on any atom is -0.497 e. The first-order valence-electron chi connectivity index (χ1n) is 8.53. The van der Waals surface area contributed by atoms with Gasteiger partial charge in [0, 0.05) is 16.7 Å². The van der Waals surface area contributed by atoms with Gasteiger partial charge in [-0.05, 0) is 36.8 Å². The lowest BCUT2D eigenvalue weighted by Crippen LogP contribution is -2.20. The van der Waals surface area contributed by atoms with Gasteiger partial charge in [-0.15, -0.1) is 0 Å². The van der Waals surface area contributed by atoms with E-state index in [1.165, 1.54) is 32.6 Å². The Kier molecular flexibility index (Phi) is 7.79. The number of hydrogen-bond acceptors (Lipinski definition) is 7. The van der Waals surface area contributed by atoms with Crippen LogP contribution in [0.4, 0.5) is 5.69 Å². The van der Waals surface area contributed by atoms with E-state index in [2.05, 4.69) is 10.5 Å². The van der Waals surface area contributed by atoms with Crippen molar-refractivity contribution in [3.8, 4) is 17.2 Å². The number of carbonyl (C=O) groups excluding carboxylic acids is 1. The molecule has 0 aliphatic rings. The van der Waals surface area contributed by atoms with Crippen molar-refractivity contribution < 1.29 is 23.9 Å². The van der Waals surface area contributed by atoms with Crippen LogP contribution in [-0.4, -0.2) is 37.9 Å². The zero-order valence-electron chi connectivity index (χ0n) is 16.1. The van der Waals surface area contributed by atoms with Crippen LogP contribution in [0.3, 0.4) is 0 Å². The van der Waals surface area contributed by atoms with Gasteiger partial charge < -0.3 is 14.2 Å². The van der Waals surface area contributed by atoms with Crippen LogP contribution < -0.4 is 19.6 Å². The molecule has 9 nitrogen and oxygen atoms in total. The zero-order valence-corrected chi connectivity index (χ0v) is 16.9. The first-order valence-corrected chi connectivity index (χ1v) is 8.90. The van der Waals surface area contributed by atoms with Crippen LogP contribution in [0.5, 0.6) is 17.2 Å². The fourth-order valence-corrected chi connectivity index (χ4v) is 2.65. The SMILES string of the molecule is CCOc1c(OC)cc(/C=N/NC(=O)Cc2cc(OC)ccc2Cl)cc1[N+](=O)[O-]. The van der Waals surface area contributed by atoms with Crippen molar-refractivity contribution in [3.05, 3.63) is 56.6 Å². The molecular formula is C19H20ClN3O6. The summed E-state index contributed by atoms with van der Waals surface area (Å²) in [6.45, 7) is 1.95. The molecule has 154 valence electrons. The number of ether oxygens (including phenoxy) is 3. The van der Waals surface area contributed by atoms with E-state index in [1.807, 2.05) is 0 Å². The van der Waals surface area contributed by atoms with Crippen molar-refractivity contribution in [1.82, 2.24) is 5.43 Å².